The van der Waals surface area contributed by atoms with Crippen molar-refractivity contribution in [3.05, 3.63) is 144 Å². The van der Waals surface area contributed by atoms with Crippen molar-refractivity contribution in [2.75, 3.05) is 35.2 Å². The molecular weight excluding hydrogens is 873 g/mol. The smallest absolute Gasteiger partial charge is 0.241 e. The monoisotopic (exact) mass is 930 g/mol. The fraction of sp³-hybridized carbons (Fsp3) is 0.179. The summed E-state index contributed by atoms with van der Waals surface area (Å²) < 4.78 is 0. The highest BCUT2D eigenvalue weighted by molar-refractivity contribution is 6.01. The average Bonchev–Trinajstić information content (AvgIpc) is 4.22. The van der Waals surface area contributed by atoms with Crippen molar-refractivity contribution in [3.63, 3.8) is 0 Å². The molecule has 70 heavy (non-hydrogen) atoms. The predicted octanol–water partition coefficient (Wildman–Crippen LogP) is 9.28. The zero-order valence-electron chi connectivity index (χ0n) is 38.8. The number of nitrogens with zero attached hydrogens (tertiary/aromatic N) is 2. The number of aromatic nitrogens is 4. The van der Waals surface area contributed by atoms with Crippen molar-refractivity contribution < 1.29 is 9.59 Å². The molecular formula is C56H58N12O2. The molecule has 2 unspecified atom stereocenters. The number of unbranched alkanes of at least 4 members (excludes halogenated alkanes) is 2. The van der Waals surface area contributed by atoms with Gasteiger partial charge in [-0.1, -0.05) is 61.4 Å². The van der Waals surface area contributed by atoms with Crippen LogP contribution in [0.25, 0.3) is 90.9 Å². The van der Waals surface area contributed by atoms with Crippen LogP contribution in [0.1, 0.15) is 61.3 Å². The van der Waals surface area contributed by atoms with Crippen molar-refractivity contribution in [2.24, 2.45) is 22.9 Å². The van der Waals surface area contributed by atoms with E-state index >= 15 is 0 Å². The lowest BCUT2D eigenvalue weighted by molar-refractivity contribution is -0.118. The van der Waals surface area contributed by atoms with Gasteiger partial charge in [0, 0.05) is 67.1 Å². The first-order valence-electron chi connectivity index (χ1n) is 23.7. The van der Waals surface area contributed by atoms with E-state index in [1.54, 1.807) is 0 Å². The lowest BCUT2D eigenvalue weighted by Crippen LogP contribution is -2.35. The number of carbonyl (C=O) groups is 2. The van der Waals surface area contributed by atoms with Crippen LogP contribution in [-0.4, -0.2) is 56.9 Å². The third kappa shape index (κ3) is 10.3. The first-order valence-corrected chi connectivity index (χ1v) is 23.7. The second-order valence-electron chi connectivity index (χ2n) is 17.7. The molecule has 0 saturated heterocycles. The van der Waals surface area contributed by atoms with Gasteiger partial charge < -0.3 is 55.0 Å². The summed E-state index contributed by atoms with van der Waals surface area (Å²) in [6, 6.07) is 37.9. The molecule has 8 bridgehead atoms. The van der Waals surface area contributed by atoms with Crippen LogP contribution >= 0.6 is 0 Å². The minimum Gasteiger partial charge on any atom is -0.399 e. The van der Waals surface area contributed by atoms with Crippen LogP contribution < -0.4 is 45.0 Å². The third-order valence-corrected chi connectivity index (χ3v) is 12.6. The molecule has 2 atom stereocenters. The fourth-order valence-electron chi connectivity index (χ4n) is 8.91. The summed E-state index contributed by atoms with van der Waals surface area (Å²) in [5.74, 6) is -0.501. The van der Waals surface area contributed by atoms with Gasteiger partial charge in [0.05, 0.1) is 34.9 Å². The summed E-state index contributed by atoms with van der Waals surface area (Å²) >= 11 is 0. The number of H-pyrrole nitrogens is 2. The number of carbonyl (C=O) groups excluding carboxylic acids is 2. The van der Waals surface area contributed by atoms with Crippen molar-refractivity contribution in [2.45, 2.75) is 50.6 Å². The molecule has 0 aliphatic carbocycles. The molecule has 5 heterocycles. The van der Waals surface area contributed by atoms with E-state index in [4.69, 9.17) is 44.4 Å². The van der Waals surface area contributed by atoms with Gasteiger partial charge in [-0.15, -0.1) is 0 Å². The second-order valence-corrected chi connectivity index (χ2v) is 17.7. The van der Waals surface area contributed by atoms with Crippen molar-refractivity contribution in [1.82, 2.24) is 19.9 Å². The Balaban J connectivity index is 1.26. The number of rotatable bonds is 16. The minimum atomic E-state index is -0.648. The minimum absolute atomic E-state index is 0.250. The molecule has 14 nitrogen and oxygen atoms in total. The normalized spacial score (nSPS) is 12.7. The van der Waals surface area contributed by atoms with Crippen LogP contribution in [0.15, 0.2) is 121 Å². The van der Waals surface area contributed by atoms with Gasteiger partial charge >= 0.3 is 0 Å². The Kier molecular flexibility index (Phi) is 14.1. The molecule has 0 spiro atoms. The van der Waals surface area contributed by atoms with Crippen LogP contribution in [0.5, 0.6) is 0 Å². The van der Waals surface area contributed by atoms with Crippen LogP contribution in [0, 0.1) is 0 Å². The highest BCUT2D eigenvalue weighted by atomic mass is 16.2. The van der Waals surface area contributed by atoms with Crippen molar-refractivity contribution in [1.29, 1.82) is 0 Å². The van der Waals surface area contributed by atoms with E-state index in [2.05, 4.69) is 44.9 Å². The predicted molar refractivity (Wildman–Crippen MR) is 288 cm³/mol. The Labute approximate surface area is 406 Å². The van der Waals surface area contributed by atoms with E-state index in [9.17, 15) is 9.59 Å². The summed E-state index contributed by atoms with van der Waals surface area (Å²) in [6.07, 6.45) is 12.4. The molecule has 2 aliphatic heterocycles. The maximum absolute atomic E-state index is 13.1. The maximum atomic E-state index is 13.1. The number of aromatic amines is 2. The summed E-state index contributed by atoms with van der Waals surface area (Å²) in [5, 5.41) is 5.97. The summed E-state index contributed by atoms with van der Waals surface area (Å²) in [7, 11) is 0. The number of benzene rings is 4. The lowest BCUT2D eigenvalue weighted by Gasteiger charge is -2.13. The number of nitrogen functional groups attached to an aromatic ring is 2. The van der Waals surface area contributed by atoms with E-state index in [1.165, 1.54) is 0 Å². The number of hydrogen-bond donors (Lipinski definition) is 10. The molecule has 0 fully saturated rings. The summed E-state index contributed by atoms with van der Waals surface area (Å²) in [6.45, 7) is 1.11. The number of anilines is 4. The number of amides is 2. The molecule has 2 amide bonds. The molecule has 9 rings (SSSR count). The summed E-state index contributed by atoms with van der Waals surface area (Å²) in [4.78, 5) is 44.4. The topological polar surface area (TPSA) is 272 Å². The standard InChI is InChI=1S/C56H58N12O2/c57-31-3-1-5-41(61)55(69)63-39-19-11-35(12-20-39)53-47-27-25-45(66-47)51(33-7-15-37(59)16-8-33)43-23-24-44(65-43)52(34-9-17-38(60)18-10-34)46-26-28-48(67-46)54(50-30-29-49(53)68-50)36-13-21-40(22-14-36)64-56(70)42(62)6-2-4-32-58/h7-30,41-42,66-67H,1-6,31-32,57-62H2,(H,63,69)(H,64,70). The molecule has 3 aromatic heterocycles. The van der Waals surface area contributed by atoms with Gasteiger partial charge in [-0.2, -0.15) is 0 Å². The average molecular weight is 931 g/mol. The van der Waals surface area contributed by atoms with E-state index in [0.29, 0.717) is 60.1 Å². The number of hydrogen-bond acceptors (Lipinski definition) is 10. The largest absolute Gasteiger partial charge is 0.399 e. The van der Waals surface area contributed by atoms with E-state index < -0.39 is 12.1 Å². The molecule has 4 aromatic carbocycles. The quantitative estimate of drug-likeness (QED) is 0.0324. The Hall–Kier alpha value is -8.14. The Morgan fingerprint density at radius 2 is 0.714 bits per heavy atom. The van der Waals surface area contributed by atoms with Gasteiger partial charge in [-0.3, -0.25) is 9.59 Å². The molecule has 0 radical (unpaired) electrons. The van der Waals surface area contributed by atoms with Crippen LogP contribution in [-0.2, 0) is 9.59 Å². The number of nitrogens with one attached hydrogen (secondary N) is 4. The zero-order chi connectivity index (χ0) is 48.7. The highest BCUT2D eigenvalue weighted by Gasteiger charge is 2.21. The molecule has 7 aromatic rings. The van der Waals surface area contributed by atoms with Gasteiger partial charge in [0.2, 0.25) is 11.8 Å². The molecule has 16 N–H and O–H groups in total. The molecule has 354 valence electrons. The van der Waals surface area contributed by atoms with Crippen LogP contribution in [0.2, 0.25) is 0 Å². The Morgan fingerprint density at radius 3 is 1.00 bits per heavy atom. The molecule has 0 saturated carbocycles. The SMILES string of the molecule is NCCCCC(N)C(=O)Nc1ccc(-c2c3nc(c(-c4ccc(NC(=O)C(N)CCCCN)cc4)c4ccc([nH]4)c(-c4ccc(N)cc4)c4nc(c(-c5ccc(N)cc5)c5ccc2[nH]5)C=C4)C=C3)cc1. The zero-order valence-corrected chi connectivity index (χ0v) is 38.8. The first kappa shape index (κ1) is 46.9. The number of nitrogens with two attached hydrogens (primary N) is 6. The van der Waals surface area contributed by atoms with Gasteiger partial charge in [-0.25, -0.2) is 9.97 Å². The van der Waals surface area contributed by atoms with E-state index in [1.807, 2.05) is 121 Å². The van der Waals surface area contributed by atoms with Gasteiger partial charge in [-0.05, 0) is 158 Å². The Morgan fingerprint density at radius 1 is 0.429 bits per heavy atom. The first-order chi connectivity index (χ1) is 34.1. The molecule has 2 aliphatic rings. The second kappa shape index (κ2) is 21.0. The van der Waals surface area contributed by atoms with Gasteiger partial charge in [0.15, 0.2) is 0 Å². The Bertz CT molecular complexity index is 3050. The fourth-order valence-corrected chi connectivity index (χ4v) is 8.91. The van der Waals surface area contributed by atoms with Crippen LogP contribution in [0.3, 0.4) is 0 Å². The highest BCUT2D eigenvalue weighted by Crippen LogP contribution is 2.39. The van der Waals surface area contributed by atoms with Crippen molar-refractivity contribution in [3.8, 4) is 44.5 Å². The third-order valence-electron chi connectivity index (χ3n) is 12.6. The summed E-state index contributed by atoms with van der Waals surface area (Å²) in [5.41, 5.74) is 52.0. The van der Waals surface area contributed by atoms with Crippen molar-refractivity contribution >= 4 is 80.9 Å². The van der Waals surface area contributed by atoms with Gasteiger partial charge in [0.25, 0.3) is 0 Å². The van der Waals surface area contributed by atoms with E-state index in [0.717, 1.165) is 104 Å². The maximum Gasteiger partial charge on any atom is 0.241 e. The van der Waals surface area contributed by atoms with Crippen LogP contribution in [0.4, 0.5) is 22.7 Å². The number of fused-ring (bicyclic) bond motifs is 8. The van der Waals surface area contributed by atoms with Gasteiger partial charge in [0.1, 0.15) is 0 Å². The molecule has 14 heteroatoms. The van der Waals surface area contributed by atoms with E-state index in [-0.39, 0.29) is 11.8 Å². The lowest BCUT2D eigenvalue weighted by atomic mass is 10.0.